The van der Waals surface area contributed by atoms with Gasteiger partial charge in [0.25, 0.3) is 0 Å². The zero-order valence-electron chi connectivity index (χ0n) is 18.5. The molecule has 0 heterocycles. The first-order chi connectivity index (χ1) is 16.0. The van der Waals surface area contributed by atoms with Gasteiger partial charge >= 0.3 is 12.1 Å². The first-order valence-corrected chi connectivity index (χ1v) is 11.2. The number of carboxylic acid groups (broad SMARTS) is 1. The van der Waals surface area contributed by atoms with Crippen LogP contribution in [0.5, 0.6) is 0 Å². The fourth-order valence-corrected chi connectivity index (χ4v) is 4.09. The van der Waals surface area contributed by atoms with Gasteiger partial charge in [-0.05, 0) is 35.1 Å². The molecule has 33 heavy (non-hydrogen) atoms. The number of hydrogen-bond donors (Lipinski definition) is 4. The van der Waals surface area contributed by atoms with Crippen LogP contribution in [0.3, 0.4) is 0 Å². The summed E-state index contributed by atoms with van der Waals surface area (Å²) in [4.78, 5) is 36.0. The molecule has 0 saturated heterocycles. The van der Waals surface area contributed by atoms with Gasteiger partial charge in [-0.1, -0.05) is 61.4 Å². The highest BCUT2D eigenvalue weighted by Crippen LogP contribution is 2.44. The van der Waals surface area contributed by atoms with Crippen LogP contribution in [0.1, 0.15) is 49.1 Å². The van der Waals surface area contributed by atoms with E-state index in [1.54, 1.807) is 0 Å². The number of carbonyl (C=O) groups is 3. The Bertz CT molecular complexity index is 931. The van der Waals surface area contributed by atoms with E-state index in [2.05, 4.69) is 10.6 Å². The number of alkyl carbamates (subject to hydrolysis) is 1. The van der Waals surface area contributed by atoms with Crippen LogP contribution in [0.25, 0.3) is 11.1 Å². The van der Waals surface area contributed by atoms with Crippen molar-refractivity contribution in [1.29, 1.82) is 0 Å². The lowest BCUT2D eigenvalue weighted by atomic mass is 9.98. The van der Waals surface area contributed by atoms with Crippen molar-refractivity contribution >= 4 is 18.0 Å². The molecule has 4 N–H and O–H groups in total. The second kappa shape index (κ2) is 12.0. The largest absolute Gasteiger partial charge is 0.481 e. The Kier molecular flexibility index (Phi) is 8.83. The van der Waals surface area contributed by atoms with Crippen molar-refractivity contribution in [2.24, 2.45) is 0 Å². The number of aliphatic hydroxyl groups is 1. The van der Waals surface area contributed by atoms with Crippen molar-refractivity contribution in [3.05, 3.63) is 59.7 Å². The predicted molar refractivity (Wildman–Crippen MR) is 123 cm³/mol. The second-order valence-electron chi connectivity index (χ2n) is 8.05. The number of carboxylic acids is 1. The van der Waals surface area contributed by atoms with E-state index in [0.717, 1.165) is 35.1 Å². The van der Waals surface area contributed by atoms with Crippen LogP contribution in [-0.2, 0) is 14.3 Å². The van der Waals surface area contributed by atoms with Crippen molar-refractivity contribution in [3.63, 3.8) is 0 Å². The van der Waals surface area contributed by atoms with Gasteiger partial charge in [-0.2, -0.15) is 0 Å². The maximum atomic E-state index is 12.4. The molecule has 2 aromatic rings. The SMILES string of the molecule is O=C(O)CC(NC(=O)OCC1c2ccccc2-c2ccccc21)C(=O)NCCCCCCO. The molecule has 1 unspecified atom stereocenters. The summed E-state index contributed by atoms with van der Waals surface area (Å²) < 4.78 is 5.43. The van der Waals surface area contributed by atoms with Crippen LogP contribution in [0.4, 0.5) is 4.79 Å². The molecule has 2 amide bonds. The number of amides is 2. The maximum absolute atomic E-state index is 12.4. The van der Waals surface area contributed by atoms with Crippen molar-refractivity contribution in [1.82, 2.24) is 10.6 Å². The highest BCUT2D eigenvalue weighted by Gasteiger charge is 2.30. The Balaban J connectivity index is 1.55. The molecule has 1 aliphatic rings. The van der Waals surface area contributed by atoms with Gasteiger partial charge in [-0.15, -0.1) is 0 Å². The number of hydrogen-bond acceptors (Lipinski definition) is 5. The molecule has 0 saturated carbocycles. The molecule has 2 aromatic carbocycles. The Morgan fingerprint density at radius 3 is 2.12 bits per heavy atom. The first kappa shape index (κ1) is 24.3. The van der Waals surface area contributed by atoms with Gasteiger partial charge in [0, 0.05) is 19.1 Å². The van der Waals surface area contributed by atoms with Crippen LogP contribution in [0, 0.1) is 0 Å². The van der Waals surface area contributed by atoms with Gasteiger partial charge in [0.05, 0.1) is 6.42 Å². The average molecular weight is 455 g/mol. The lowest BCUT2D eigenvalue weighted by Crippen LogP contribution is -2.48. The minimum absolute atomic E-state index is 0.0755. The number of rotatable bonds is 12. The Hall–Kier alpha value is -3.39. The van der Waals surface area contributed by atoms with E-state index in [4.69, 9.17) is 14.9 Å². The van der Waals surface area contributed by atoms with Gasteiger partial charge < -0.3 is 25.6 Å². The maximum Gasteiger partial charge on any atom is 0.407 e. The molecule has 0 fully saturated rings. The Morgan fingerprint density at radius 2 is 1.52 bits per heavy atom. The molecule has 1 aliphatic carbocycles. The van der Waals surface area contributed by atoms with Crippen molar-refractivity contribution in [2.45, 2.75) is 44.1 Å². The molecule has 0 aliphatic heterocycles. The second-order valence-corrected chi connectivity index (χ2v) is 8.05. The van der Waals surface area contributed by atoms with Crippen molar-refractivity contribution in [2.75, 3.05) is 19.8 Å². The van der Waals surface area contributed by atoms with Crippen LogP contribution < -0.4 is 10.6 Å². The third-order valence-corrected chi connectivity index (χ3v) is 5.72. The summed E-state index contributed by atoms with van der Waals surface area (Å²) >= 11 is 0. The quantitative estimate of drug-likeness (QED) is 0.365. The highest BCUT2D eigenvalue weighted by atomic mass is 16.5. The number of aliphatic carboxylic acids is 1. The summed E-state index contributed by atoms with van der Waals surface area (Å²) in [6, 6.07) is 14.7. The number of benzene rings is 2. The number of fused-ring (bicyclic) bond motifs is 3. The monoisotopic (exact) mass is 454 g/mol. The van der Waals surface area contributed by atoms with E-state index in [1.807, 2.05) is 48.5 Å². The van der Waals surface area contributed by atoms with Gasteiger partial charge in [0.1, 0.15) is 12.6 Å². The van der Waals surface area contributed by atoms with E-state index >= 15 is 0 Å². The molecular weight excluding hydrogens is 424 g/mol. The zero-order chi connectivity index (χ0) is 23.6. The van der Waals surface area contributed by atoms with Crippen LogP contribution in [0.2, 0.25) is 0 Å². The van der Waals surface area contributed by atoms with Crippen LogP contribution in [-0.4, -0.2) is 54.0 Å². The number of aliphatic hydroxyl groups excluding tert-OH is 1. The highest BCUT2D eigenvalue weighted by molar-refractivity contribution is 5.89. The molecule has 0 aromatic heterocycles. The molecule has 3 rings (SSSR count). The van der Waals surface area contributed by atoms with E-state index in [-0.39, 0.29) is 19.1 Å². The minimum atomic E-state index is -1.23. The summed E-state index contributed by atoms with van der Waals surface area (Å²) in [7, 11) is 0. The van der Waals surface area contributed by atoms with Crippen molar-refractivity contribution in [3.8, 4) is 11.1 Å². The Morgan fingerprint density at radius 1 is 0.909 bits per heavy atom. The van der Waals surface area contributed by atoms with E-state index in [1.165, 1.54) is 0 Å². The molecule has 176 valence electrons. The van der Waals surface area contributed by atoms with E-state index in [0.29, 0.717) is 19.4 Å². The summed E-state index contributed by atoms with van der Waals surface area (Å²) in [6.45, 7) is 0.579. The van der Waals surface area contributed by atoms with Crippen molar-refractivity contribution < 1.29 is 29.3 Å². The number of nitrogens with one attached hydrogen (secondary N) is 2. The molecular formula is C25H30N2O6. The number of unbranched alkanes of at least 4 members (excludes halogenated alkanes) is 3. The molecule has 1 atom stereocenters. The minimum Gasteiger partial charge on any atom is -0.481 e. The predicted octanol–water partition coefficient (Wildman–Crippen LogP) is 3.04. The zero-order valence-corrected chi connectivity index (χ0v) is 18.5. The molecule has 8 nitrogen and oxygen atoms in total. The fraction of sp³-hybridized carbons (Fsp3) is 0.400. The molecule has 8 heteroatoms. The summed E-state index contributed by atoms with van der Waals surface area (Å²) in [5.74, 6) is -1.89. The summed E-state index contributed by atoms with van der Waals surface area (Å²) in [6.07, 6.45) is 1.73. The molecule has 0 radical (unpaired) electrons. The third-order valence-electron chi connectivity index (χ3n) is 5.72. The smallest absolute Gasteiger partial charge is 0.407 e. The van der Waals surface area contributed by atoms with Gasteiger partial charge in [-0.25, -0.2) is 4.79 Å². The topological polar surface area (TPSA) is 125 Å². The van der Waals surface area contributed by atoms with Gasteiger partial charge in [-0.3, -0.25) is 9.59 Å². The molecule has 0 bridgehead atoms. The first-order valence-electron chi connectivity index (χ1n) is 11.2. The van der Waals surface area contributed by atoms with E-state index < -0.39 is 30.4 Å². The van der Waals surface area contributed by atoms with Gasteiger partial charge in [0.2, 0.25) is 5.91 Å². The normalized spacial score (nSPS) is 13.0. The average Bonchev–Trinajstić information content (AvgIpc) is 3.13. The van der Waals surface area contributed by atoms with Gasteiger partial charge in [0.15, 0.2) is 0 Å². The van der Waals surface area contributed by atoms with Crippen LogP contribution >= 0.6 is 0 Å². The molecule has 0 spiro atoms. The lowest BCUT2D eigenvalue weighted by Gasteiger charge is -2.18. The number of ether oxygens (including phenoxy) is 1. The fourth-order valence-electron chi connectivity index (χ4n) is 4.09. The Labute approximate surface area is 193 Å². The third kappa shape index (κ3) is 6.55. The standard InChI is InChI=1S/C25H30N2O6/c28-14-8-2-1-7-13-26-24(31)22(15-23(29)30)27-25(32)33-16-21-19-11-5-3-9-17(19)18-10-4-6-12-20(18)21/h3-6,9-12,21-22,28H,1-2,7-8,13-16H2,(H,26,31)(H,27,32)(H,29,30). The lowest BCUT2D eigenvalue weighted by molar-refractivity contribution is -0.139. The van der Waals surface area contributed by atoms with E-state index in [9.17, 15) is 14.4 Å². The summed E-state index contributed by atoms with van der Waals surface area (Å²) in [5.41, 5.74) is 4.33. The van der Waals surface area contributed by atoms with Crippen LogP contribution in [0.15, 0.2) is 48.5 Å². The summed E-state index contributed by atoms with van der Waals surface area (Å²) in [5, 5.41) is 23.0. The number of carbonyl (C=O) groups excluding carboxylic acids is 2.